The fraction of sp³-hybridized carbons (Fsp3) is 0.100. The number of para-hydroxylation sites is 1. The Morgan fingerprint density at radius 2 is 1.78 bits per heavy atom. The van der Waals surface area contributed by atoms with Crippen LogP contribution < -0.4 is 9.31 Å². The number of hydrogen-bond donors (Lipinski definition) is 0. The maximum Gasteiger partial charge on any atom is 0.280 e. The number of amides is 1. The smallest absolute Gasteiger partial charge is 0.267 e. The van der Waals surface area contributed by atoms with Gasteiger partial charge in [0.2, 0.25) is 5.13 Å². The first-order valence-corrected chi connectivity index (χ1v) is 15.8. The van der Waals surface area contributed by atoms with Crippen LogP contribution in [0.4, 0.5) is 15.2 Å². The van der Waals surface area contributed by atoms with Crippen LogP contribution in [-0.2, 0) is 16.4 Å². The molecule has 1 aromatic heterocycles. The number of carbonyl (C=O) groups is 1. The molecule has 2 heterocycles. The summed E-state index contributed by atoms with van der Waals surface area (Å²) in [5.41, 5.74) is 3.21. The van der Waals surface area contributed by atoms with Gasteiger partial charge in [0, 0.05) is 16.6 Å². The zero-order chi connectivity index (χ0) is 28.6. The van der Waals surface area contributed by atoms with Crippen molar-refractivity contribution in [3.63, 3.8) is 0 Å². The first-order valence-electron chi connectivity index (χ1n) is 12.7. The Hall–Kier alpha value is -3.93. The average Bonchev–Trinajstić information content (AvgIpc) is 3.40. The van der Waals surface area contributed by atoms with E-state index in [-0.39, 0.29) is 16.3 Å². The number of nitrogens with zero attached hydrogens (tertiary/aromatic N) is 4. The molecule has 0 fully saturated rings. The molecular formula is C30H22BrFN4O3S2. The quantitative estimate of drug-likeness (QED) is 0.146. The number of rotatable bonds is 6. The molecule has 7 nitrogen and oxygen atoms in total. The lowest BCUT2D eigenvalue weighted by Gasteiger charge is -2.30. The van der Waals surface area contributed by atoms with Gasteiger partial charge in [0.1, 0.15) is 5.82 Å². The SMILES string of the molecule is O=C(c1ccc(S(=O)(=O)N2CCCc3ccccc32)cc1)N(/N=C/c1ccc(F)cc1)c1nc2ccc(Br)cc2s1. The first kappa shape index (κ1) is 27.3. The van der Waals surface area contributed by atoms with Crippen molar-refractivity contribution < 1.29 is 17.6 Å². The van der Waals surface area contributed by atoms with E-state index in [1.807, 2.05) is 42.5 Å². The monoisotopic (exact) mass is 648 g/mol. The number of fused-ring (bicyclic) bond motifs is 2. The normalized spacial score (nSPS) is 13.5. The molecule has 1 amide bonds. The third kappa shape index (κ3) is 5.52. The highest BCUT2D eigenvalue weighted by atomic mass is 79.9. The van der Waals surface area contributed by atoms with Crippen LogP contribution in [-0.4, -0.2) is 32.1 Å². The molecule has 1 aliphatic rings. The van der Waals surface area contributed by atoms with Gasteiger partial charge < -0.3 is 0 Å². The predicted molar refractivity (Wildman–Crippen MR) is 164 cm³/mol. The number of aryl methyl sites for hydroxylation is 1. The molecule has 0 atom stereocenters. The van der Waals surface area contributed by atoms with Crippen LogP contribution in [0.25, 0.3) is 10.2 Å². The van der Waals surface area contributed by atoms with E-state index < -0.39 is 15.9 Å². The van der Waals surface area contributed by atoms with Gasteiger partial charge in [-0.3, -0.25) is 9.10 Å². The molecule has 0 aliphatic carbocycles. The zero-order valence-electron chi connectivity index (χ0n) is 21.4. The van der Waals surface area contributed by atoms with Gasteiger partial charge in [0.15, 0.2) is 0 Å². The lowest BCUT2D eigenvalue weighted by atomic mass is 10.0. The van der Waals surface area contributed by atoms with Gasteiger partial charge in [-0.15, -0.1) is 0 Å². The maximum atomic E-state index is 13.7. The van der Waals surface area contributed by atoms with Crippen LogP contribution in [0.15, 0.2) is 105 Å². The molecule has 0 bridgehead atoms. The third-order valence-electron chi connectivity index (χ3n) is 6.66. The zero-order valence-corrected chi connectivity index (χ0v) is 24.7. The van der Waals surface area contributed by atoms with E-state index in [9.17, 15) is 17.6 Å². The molecule has 0 N–H and O–H groups in total. The molecule has 6 rings (SSSR count). The van der Waals surface area contributed by atoms with E-state index in [4.69, 9.17) is 0 Å². The Labute approximate surface area is 248 Å². The number of sulfonamides is 1. The Kier molecular flexibility index (Phi) is 7.41. The summed E-state index contributed by atoms with van der Waals surface area (Å²) < 4.78 is 43.7. The Bertz CT molecular complexity index is 1890. The largest absolute Gasteiger partial charge is 0.280 e. The summed E-state index contributed by atoms with van der Waals surface area (Å²) in [6, 6.07) is 24.7. The van der Waals surface area contributed by atoms with Crippen LogP contribution >= 0.6 is 27.3 Å². The van der Waals surface area contributed by atoms with Crippen molar-refractivity contribution >= 4 is 70.4 Å². The van der Waals surface area contributed by atoms with Gasteiger partial charge in [-0.1, -0.05) is 57.6 Å². The Morgan fingerprint density at radius 1 is 1.02 bits per heavy atom. The van der Waals surface area contributed by atoms with Crippen molar-refractivity contribution in [2.75, 3.05) is 15.9 Å². The van der Waals surface area contributed by atoms with Gasteiger partial charge >= 0.3 is 0 Å². The van der Waals surface area contributed by atoms with Crippen LogP contribution in [0.5, 0.6) is 0 Å². The minimum Gasteiger partial charge on any atom is -0.267 e. The number of aromatic nitrogens is 1. The predicted octanol–water partition coefficient (Wildman–Crippen LogP) is 7.02. The number of benzene rings is 4. The second-order valence-corrected chi connectivity index (χ2v) is 13.1. The third-order valence-corrected chi connectivity index (χ3v) is 9.98. The lowest BCUT2D eigenvalue weighted by molar-refractivity contribution is 0.0987. The van der Waals surface area contributed by atoms with Crippen molar-refractivity contribution in [3.05, 3.63) is 118 Å². The first-order chi connectivity index (χ1) is 19.8. The summed E-state index contributed by atoms with van der Waals surface area (Å²) in [7, 11) is -3.83. The van der Waals surface area contributed by atoms with Crippen molar-refractivity contribution in [3.8, 4) is 0 Å². The van der Waals surface area contributed by atoms with Crippen molar-refractivity contribution in [1.82, 2.24) is 4.98 Å². The Balaban J connectivity index is 1.33. The molecule has 0 saturated heterocycles. The van der Waals surface area contributed by atoms with Gasteiger partial charge in [-0.25, -0.2) is 17.8 Å². The molecule has 4 aromatic carbocycles. The maximum absolute atomic E-state index is 13.7. The van der Waals surface area contributed by atoms with E-state index in [1.165, 1.54) is 63.3 Å². The van der Waals surface area contributed by atoms with Gasteiger partial charge in [-0.05, 0) is 84.6 Å². The molecule has 5 aromatic rings. The average molecular weight is 650 g/mol. The standard InChI is InChI=1S/C30H22BrFN4O3S2/c31-23-11-16-26-28(18-23)40-30(34-26)36(33-19-20-7-12-24(32)13-8-20)29(37)22-9-14-25(15-10-22)41(38,39)35-17-3-5-21-4-1-2-6-27(21)35/h1-2,4,6-16,18-19H,3,5,17H2/b33-19+. The van der Waals surface area contributed by atoms with Crippen LogP contribution in [0.2, 0.25) is 0 Å². The van der Waals surface area contributed by atoms with Crippen LogP contribution in [0, 0.1) is 5.82 Å². The summed E-state index contributed by atoms with van der Waals surface area (Å²) in [4.78, 5) is 18.4. The number of hydrogen-bond acceptors (Lipinski definition) is 6. The highest BCUT2D eigenvalue weighted by molar-refractivity contribution is 9.10. The van der Waals surface area contributed by atoms with Crippen LogP contribution in [0.1, 0.15) is 27.9 Å². The lowest BCUT2D eigenvalue weighted by Crippen LogP contribution is -2.35. The van der Waals surface area contributed by atoms with Gasteiger partial charge in [-0.2, -0.15) is 10.1 Å². The summed E-state index contributed by atoms with van der Waals surface area (Å²) >= 11 is 4.74. The second-order valence-electron chi connectivity index (χ2n) is 9.36. The molecule has 0 spiro atoms. The fourth-order valence-corrected chi connectivity index (χ4v) is 7.62. The van der Waals surface area contributed by atoms with E-state index in [0.29, 0.717) is 28.4 Å². The van der Waals surface area contributed by atoms with Crippen molar-refractivity contribution in [1.29, 1.82) is 0 Å². The number of thiazole rings is 1. The van der Waals surface area contributed by atoms with E-state index in [1.54, 1.807) is 12.1 Å². The topological polar surface area (TPSA) is 82.9 Å². The summed E-state index contributed by atoms with van der Waals surface area (Å²) in [5, 5.41) is 5.91. The molecule has 11 heteroatoms. The fourth-order valence-electron chi connectivity index (χ4n) is 4.61. The van der Waals surface area contributed by atoms with Gasteiger partial charge in [0.05, 0.1) is 27.0 Å². The molecule has 41 heavy (non-hydrogen) atoms. The number of carbonyl (C=O) groups excluding carboxylic acids is 1. The molecule has 0 saturated carbocycles. The van der Waals surface area contributed by atoms with Crippen LogP contribution in [0.3, 0.4) is 0 Å². The summed E-state index contributed by atoms with van der Waals surface area (Å²) in [5.74, 6) is -0.872. The highest BCUT2D eigenvalue weighted by Crippen LogP contribution is 2.34. The minimum absolute atomic E-state index is 0.0944. The molecular weight excluding hydrogens is 627 g/mol. The van der Waals surface area contributed by atoms with Crippen molar-refractivity contribution in [2.45, 2.75) is 17.7 Å². The number of hydrazone groups is 1. The van der Waals surface area contributed by atoms with E-state index in [2.05, 4.69) is 26.0 Å². The van der Waals surface area contributed by atoms with E-state index in [0.717, 1.165) is 27.6 Å². The number of anilines is 2. The highest BCUT2D eigenvalue weighted by Gasteiger charge is 2.29. The molecule has 0 radical (unpaired) electrons. The Morgan fingerprint density at radius 3 is 2.56 bits per heavy atom. The van der Waals surface area contributed by atoms with E-state index >= 15 is 0 Å². The molecule has 0 unspecified atom stereocenters. The molecule has 1 aliphatic heterocycles. The summed E-state index contributed by atoms with van der Waals surface area (Å²) in [6.07, 6.45) is 3.01. The second kappa shape index (κ2) is 11.2. The molecule has 206 valence electrons. The van der Waals surface area contributed by atoms with Crippen molar-refractivity contribution in [2.24, 2.45) is 5.10 Å². The van der Waals surface area contributed by atoms with Gasteiger partial charge in [0.25, 0.3) is 15.9 Å². The summed E-state index contributed by atoms with van der Waals surface area (Å²) in [6.45, 7) is 0.389. The number of halogens is 2. The minimum atomic E-state index is -3.83.